The molecule has 1 aromatic carbocycles. The van der Waals surface area contributed by atoms with Crippen molar-refractivity contribution in [1.82, 2.24) is 10.6 Å². The molecule has 2 N–H and O–H groups in total. The highest BCUT2D eigenvalue weighted by Crippen LogP contribution is 2.29. The molecular weight excluding hydrogens is 282 g/mol. The minimum atomic E-state index is -0.477. The Labute approximate surface area is 130 Å². The molecular formula is C16H23N3O3. The van der Waals surface area contributed by atoms with E-state index in [0.717, 1.165) is 19.4 Å². The minimum absolute atomic E-state index is 0.0544. The molecule has 1 aromatic rings. The van der Waals surface area contributed by atoms with Crippen LogP contribution < -0.4 is 10.6 Å². The van der Waals surface area contributed by atoms with Gasteiger partial charge in [0.2, 0.25) is 0 Å². The molecule has 0 bridgehead atoms. The lowest BCUT2D eigenvalue weighted by Gasteiger charge is -2.39. The van der Waals surface area contributed by atoms with Crippen LogP contribution in [0.5, 0.6) is 0 Å². The smallest absolute Gasteiger partial charge is 0.270 e. The lowest BCUT2D eigenvalue weighted by atomic mass is 9.77. The molecule has 6 heteroatoms. The first kappa shape index (κ1) is 16.4. The molecule has 0 radical (unpaired) electrons. The molecule has 1 atom stereocenters. The van der Waals surface area contributed by atoms with Gasteiger partial charge >= 0.3 is 0 Å². The van der Waals surface area contributed by atoms with Crippen LogP contribution in [0, 0.1) is 22.5 Å². The average Bonchev–Trinajstić information content (AvgIpc) is 2.44. The predicted octanol–water partition coefficient (Wildman–Crippen LogP) is 2.41. The number of non-ortho nitro benzene ring substituents is 1. The number of hydrogen-bond acceptors (Lipinski definition) is 4. The van der Waals surface area contributed by atoms with Crippen LogP contribution in [0.1, 0.15) is 42.6 Å². The van der Waals surface area contributed by atoms with E-state index in [9.17, 15) is 14.9 Å². The summed E-state index contributed by atoms with van der Waals surface area (Å²) in [6.45, 7) is 7.60. The number of rotatable bonds is 4. The van der Waals surface area contributed by atoms with E-state index >= 15 is 0 Å². The lowest BCUT2D eigenvalue weighted by Crippen LogP contribution is -2.52. The molecule has 6 nitrogen and oxygen atoms in total. The third-order valence-electron chi connectivity index (χ3n) is 4.33. The number of amides is 1. The summed E-state index contributed by atoms with van der Waals surface area (Å²) in [5.41, 5.74) is 1.11. The van der Waals surface area contributed by atoms with Gasteiger partial charge in [-0.15, -0.1) is 0 Å². The molecule has 120 valence electrons. The number of carbonyl (C=O) groups excluding carboxylic acids is 1. The number of nitrogens with zero attached hydrogens (tertiary/aromatic N) is 1. The second-order valence-electron chi connectivity index (χ2n) is 6.62. The van der Waals surface area contributed by atoms with Crippen LogP contribution in [0.25, 0.3) is 0 Å². The van der Waals surface area contributed by atoms with E-state index in [1.54, 1.807) is 13.0 Å². The highest BCUT2D eigenvalue weighted by molar-refractivity contribution is 5.95. The number of carbonyl (C=O) groups is 1. The van der Waals surface area contributed by atoms with E-state index in [0.29, 0.717) is 17.7 Å². The largest absolute Gasteiger partial charge is 0.350 e. The van der Waals surface area contributed by atoms with E-state index in [-0.39, 0.29) is 23.1 Å². The van der Waals surface area contributed by atoms with Gasteiger partial charge in [0.25, 0.3) is 11.6 Å². The van der Waals surface area contributed by atoms with Crippen molar-refractivity contribution in [2.45, 2.75) is 39.7 Å². The summed E-state index contributed by atoms with van der Waals surface area (Å²) in [5.74, 6) is -0.269. The van der Waals surface area contributed by atoms with Crippen LogP contribution in [-0.4, -0.2) is 30.0 Å². The third-order valence-corrected chi connectivity index (χ3v) is 4.33. The number of benzene rings is 1. The van der Waals surface area contributed by atoms with Gasteiger partial charge in [0.1, 0.15) is 0 Å². The van der Waals surface area contributed by atoms with E-state index in [4.69, 9.17) is 0 Å². The van der Waals surface area contributed by atoms with Crippen molar-refractivity contribution in [3.8, 4) is 0 Å². The molecule has 0 saturated carbocycles. The van der Waals surface area contributed by atoms with Gasteiger partial charge in [-0.3, -0.25) is 14.9 Å². The van der Waals surface area contributed by atoms with E-state index < -0.39 is 4.92 Å². The monoisotopic (exact) mass is 305 g/mol. The van der Waals surface area contributed by atoms with Crippen LogP contribution in [0.3, 0.4) is 0 Å². The first-order chi connectivity index (χ1) is 10.3. The van der Waals surface area contributed by atoms with Crippen LogP contribution in [-0.2, 0) is 0 Å². The number of nitro groups is 1. The Hall–Kier alpha value is -1.95. The van der Waals surface area contributed by atoms with Gasteiger partial charge in [-0.25, -0.2) is 0 Å². The van der Waals surface area contributed by atoms with Crippen molar-refractivity contribution in [2.24, 2.45) is 5.41 Å². The number of nitro benzene ring substituents is 1. The quantitative estimate of drug-likeness (QED) is 0.661. The number of piperidine rings is 1. The maximum absolute atomic E-state index is 12.3. The van der Waals surface area contributed by atoms with E-state index in [1.807, 2.05) is 0 Å². The summed E-state index contributed by atoms with van der Waals surface area (Å²) in [6.07, 6.45) is 2.26. The summed E-state index contributed by atoms with van der Waals surface area (Å²) >= 11 is 0. The van der Waals surface area contributed by atoms with Crippen molar-refractivity contribution in [1.29, 1.82) is 0 Å². The molecule has 22 heavy (non-hydrogen) atoms. The van der Waals surface area contributed by atoms with E-state index in [1.165, 1.54) is 12.1 Å². The zero-order chi connectivity index (χ0) is 16.3. The molecule has 0 aliphatic carbocycles. The van der Waals surface area contributed by atoms with Crippen molar-refractivity contribution >= 4 is 11.6 Å². The first-order valence-electron chi connectivity index (χ1n) is 7.57. The summed E-state index contributed by atoms with van der Waals surface area (Å²) in [7, 11) is 0. The average molecular weight is 305 g/mol. The topological polar surface area (TPSA) is 84.3 Å². The summed E-state index contributed by atoms with van der Waals surface area (Å²) in [6, 6.07) is 4.66. The van der Waals surface area contributed by atoms with Gasteiger partial charge < -0.3 is 10.6 Å². The summed E-state index contributed by atoms with van der Waals surface area (Å²) in [5, 5.41) is 17.2. The molecule has 1 unspecified atom stereocenters. The van der Waals surface area contributed by atoms with Gasteiger partial charge in [-0.1, -0.05) is 13.8 Å². The van der Waals surface area contributed by atoms with Crippen molar-refractivity contribution in [3.63, 3.8) is 0 Å². The molecule has 1 heterocycles. The van der Waals surface area contributed by atoms with Crippen molar-refractivity contribution < 1.29 is 9.72 Å². The van der Waals surface area contributed by atoms with Gasteiger partial charge in [0.05, 0.1) is 4.92 Å². The Kier molecular flexibility index (Phi) is 4.81. The minimum Gasteiger partial charge on any atom is -0.350 e. The Bertz CT molecular complexity index is 584. The first-order valence-corrected chi connectivity index (χ1v) is 7.57. The van der Waals surface area contributed by atoms with Crippen LogP contribution in [0.4, 0.5) is 5.69 Å². The van der Waals surface area contributed by atoms with E-state index in [2.05, 4.69) is 24.5 Å². The standard InChI is InChI=1S/C16H23N3O3/c1-11-7-12(9-13(8-11)19(21)22)15(20)18-10-14-16(2,3)5-4-6-17-14/h7-9,14,17H,4-6,10H2,1-3H3,(H,18,20). The maximum atomic E-state index is 12.3. The molecule has 0 spiro atoms. The Morgan fingerprint density at radius 1 is 1.45 bits per heavy atom. The SMILES string of the molecule is Cc1cc(C(=O)NCC2NCCCC2(C)C)cc([N+](=O)[O-])c1. The fourth-order valence-corrected chi connectivity index (χ4v) is 2.92. The fraction of sp³-hybridized carbons (Fsp3) is 0.562. The van der Waals surface area contributed by atoms with Crippen LogP contribution >= 0.6 is 0 Å². The van der Waals surface area contributed by atoms with Gasteiger partial charge in [0, 0.05) is 30.3 Å². The number of nitrogens with one attached hydrogen (secondary N) is 2. The van der Waals surface area contributed by atoms with Gasteiger partial charge in [0.15, 0.2) is 0 Å². The highest BCUT2D eigenvalue weighted by atomic mass is 16.6. The molecule has 1 aliphatic heterocycles. The molecule has 2 rings (SSSR count). The molecule has 1 saturated heterocycles. The summed E-state index contributed by atoms with van der Waals surface area (Å²) in [4.78, 5) is 22.7. The van der Waals surface area contributed by atoms with Crippen LogP contribution in [0.2, 0.25) is 0 Å². The maximum Gasteiger partial charge on any atom is 0.270 e. The fourth-order valence-electron chi connectivity index (χ4n) is 2.92. The second-order valence-corrected chi connectivity index (χ2v) is 6.62. The Balaban J connectivity index is 2.05. The van der Waals surface area contributed by atoms with Gasteiger partial charge in [-0.05, 0) is 43.4 Å². The molecule has 0 aromatic heterocycles. The molecule has 1 aliphatic rings. The van der Waals surface area contributed by atoms with Crippen molar-refractivity contribution in [3.05, 3.63) is 39.4 Å². The molecule has 1 amide bonds. The predicted molar refractivity (Wildman–Crippen MR) is 85.0 cm³/mol. The zero-order valence-electron chi connectivity index (χ0n) is 13.3. The van der Waals surface area contributed by atoms with Gasteiger partial charge in [-0.2, -0.15) is 0 Å². The third kappa shape index (κ3) is 3.82. The normalized spacial score (nSPS) is 20.4. The highest BCUT2D eigenvalue weighted by Gasteiger charge is 2.32. The lowest BCUT2D eigenvalue weighted by molar-refractivity contribution is -0.384. The Morgan fingerprint density at radius 2 is 2.18 bits per heavy atom. The number of hydrogen-bond donors (Lipinski definition) is 2. The van der Waals surface area contributed by atoms with Crippen molar-refractivity contribution in [2.75, 3.05) is 13.1 Å². The second kappa shape index (κ2) is 6.44. The Morgan fingerprint density at radius 3 is 2.82 bits per heavy atom. The summed E-state index contributed by atoms with van der Waals surface area (Å²) < 4.78 is 0. The molecule has 1 fully saturated rings. The number of aryl methyl sites for hydroxylation is 1. The zero-order valence-corrected chi connectivity index (χ0v) is 13.3. The van der Waals surface area contributed by atoms with Crippen LogP contribution in [0.15, 0.2) is 18.2 Å².